The first-order valence-corrected chi connectivity index (χ1v) is 2.42. The van der Waals surface area contributed by atoms with Crippen LogP contribution in [0.15, 0.2) is 5.11 Å². The fraction of sp³-hybridized carbons (Fsp3) is 0.750. The van der Waals surface area contributed by atoms with Gasteiger partial charge in [0.05, 0.1) is 5.92 Å². The lowest BCUT2D eigenvalue weighted by molar-refractivity contribution is -0.140. The van der Waals surface area contributed by atoms with Crippen molar-refractivity contribution in [3.05, 3.63) is 10.4 Å². The first kappa shape index (κ1) is 7.78. The van der Waals surface area contributed by atoms with Crippen LogP contribution in [0.25, 0.3) is 10.4 Å². The first-order chi connectivity index (χ1) is 4.18. The maximum absolute atomic E-state index is 10.0. The standard InChI is InChI=1S/C4H7N3O2/c1-3(4(8)9)2-6-7-5/h3H,2H2,1H3,(H,8,9). The van der Waals surface area contributed by atoms with E-state index in [1.54, 1.807) is 0 Å². The molecule has 0 amide bonds. The van der Waals surface area contributed by atoms with Gasteiger partial charge >= 0.3 is 5.97 Å². The monoisotopic (exact) mass is 129 g/mol. The molecule has 1 N–H and O–H groups in total. The van der Waals surface area contributed by atoms with Crippen molar-refractivity contribution in [2.24, 2.45) is 11.0 Å². The Morgan fingerprint density at radius 2 is 2.56 bits per heavy atom. The van der Waals surface area contributed by atoms with Gasteiger partial charge in [0.1, 0.15) is 0 Å². The molecule has 1 unspecified atom stereocenters. The third-order valence-corrected chi connectivity index (χ3v) is 0.840. The van der Waals surface area contributed by atoms with Crippen LogP contribution in [-0.2, 0) is 4.79 Å². The number of azide groups is 1. The third-order valence-electron chi connectivity index (χ3n) is 0.840. The Hall–Kier alpha value is -1.22. The molecule has 0 saturated heterocycles. The first-order valence-electron chi connectivity index (χ1n) is 2.42. The summed E-state index contributed by atoms with van der Waals surface area (Å²) < 4.78 is 0. The molecule has 0 aromatic rings. The zero-order valence-corrected chi connectivity index (χ0v) is 4.98. The Kier molecular flexibility index (Phi) is 3.23. The van der Waals surface area contributed by atoms with Gasteiger partial charge < -0.3 is 5.11 Å². The Labute approximate surface area is 51.9 Å². The number of hydrogen-bond acceptors (Lipinski definition) is 2. The van der Waals surface area contributed by atoms with Crippen LogP contribution in [0.1, 0.15) is 6.92 Å². The summed E-state index contributed by atoms with van der Waals surface area (Å²) in [7, 11) is 0. The van der Waals surface area contributed by atoms with Crippen molar-refractivity contribution in [2.45, 2.75) is 6.92 Å². The van der Waals surface area contributed by atoms with Crippen LogP contribution < -0.4 is 0 Å². The molecule has 0 heterocycles. The molecule has 0 saturated carbocycles. The maximum atomic E-state index is 10.0. The summed E-state index contributed by atoms with van der Waals surface area (Å²) in [6, 6.07) is 0. The molecule has 1 atom stereocenters. The summed E-state index contributed by atoms with van der Waals surface area (Å²) in [5, 5.41) is 11.3. The molecule has 0 rings (SSSR count). The normalized spacial score (nSPS) is 11.7. The highest BCUT2D eigenvalue weighted by molar-refractivity contribution is 5.69. The quantitative estimate of drug-likeness (QED) is 0.350. The lowest BCUT2D eigenvalue weighted by Gasteiger charge is -1.96. The topological polar surface area (TPSA) is 86.1 Å². The number of carboxylic acid groups (broad SMARTS) is 1. The van der Waals surface area contributed by atoms with Crippen LogP contribution >= 0.6 is 0 Å². The van der Waals surface area contributed by atoms with Gasteiger partial charge in [-0.15, -0.1) is 0 Å². The smallest absolute Gasteiger partial charge is 0.306 e. The Balaban J connectivity index is 3.63. The maximum Gasteiger partial charge on any atom is 0.306 e. The van der Waals surface area contributed by atoms with Crippen LogP contribution in [0.4, 0.5) is 0 Å². The molecule has 0 aliphatic rings. The third kappa shape index (κ3) is 3.37. The second kappa shape index (κ2) is 3.74. The van der Waals surface area contributed by atoms with Crippen LogP contribution in [0.2, 0.25) is 0 Å². The summed E-state index contributed by atoms with van der Waals surface area (Å²) in [6.07, 6.45) is 0. The van der Waals surface area contributed by atoms with E-state index in [0.717, 1.165) is 0 Å². The zero-order valence-electron chi connectivity index (χ0n) is 4.98. The summed E-state index contributed by atoms with van der Waals surface area (Å²) >= 11 is 0. The van der Waals surface area contributed by atoms with Crippen molar-refractivity contribution >= 4 is 5.97 Å². The number of aliphatic carboxylic acids is 1. The molecule has 0 spiro atoms. The van der Waals surface area contributed by atoms with Crippen LogP contribution in [0.5, 0.6) is 0 Å². The molecule has 9 heavy (non-hydrogen) atoms. The number of carboxylic acids is 1. The molecule has 0 aliphatic carbocycles. The summed E-state index contributed by atoms with van der Waals surface area (Å²) in [5.41, 5.74) is 7.76. The van der Waals surface area contributed by atoms with E-state index in [4.69, 9.17) is 10.6 Å². The number of carbonyl (C=O) groups is 1. The highest BCUT2D eigenvalue weighted by atomic mass is 16.4. The lowest BCUT2D eigenvalue weighted by atomic mass is 10.2. The Morgan fingerprint density at radius 1 is 2.00 bits per heavy atom. The van der Waals surface area contributed by atoms with Crippen molar-refractivity contribution in [1.29, 1.82) is 0 Å². The lowest BCUT2D eigenvalue weighted by Crippen LogP contribution is -2.11. The highest BCUT2D eigenvalue weighted by Gasteiger charge is 2.07. The molecule has 0 aliphatic heterocycles. The minimum atomic E-state index is -0.942. The van der Waals surface area contributed by atoms with E-state index in [9.17, 15) is 4.79 Å². The van der Waals surface area contributed by atoms with Crippen molar-refractivity contribution in [2.75, 3.05) is 6.54 Å². The minimum absolute atomic E-state index is 0.0197. The van der Waals surface area contributed by atoms with Crippen LogP contribution in [0, 0.1) is 5.92 Å². The van der Waals surface area contributed by atoms with Gasteiger partial charge in [-0.3, -0.25) is 4.79 Å². The van der Waals surface area contributed by atoms with Gasteiger partial charge in [0.15, 0.2) is 0 Å². The van der Waals surface area contributed by atoms with Gasteiger partial charge in [-0.05, 0) is 5.53 Å². The van der Waals surface area contributed by atoms with E-state index in [2.05, 4.69) is 10.0 Å². The molecular formula is C4H7N3O2. The van der Waals surface area contributed by atoms with Crippen molar-refractivity contribution in [3.8, 4) is 0 Å². The van der Waals surface area contributed by atoms with E-state index in [0.29, 0.717) is 0 Å². The predicted molar refractivity (Wildman–Crippen MR) is 30.8 cm³/mol. The molecule has 5 heteroatoms. The summed E-state index contributed by atoms with van der Waals surface area (Å²) in [4.78, 5) is 12.4. The molecule has 0 aromatic heterocycles. The Morgan fingerprint density at radius 3 is 2.89 bits per heavy atom. The molecular weight excluding hydrogens is 122 g/mol. The molecule has 5 nitrogen and oxygen atoms in total. The van der Waals surface area contributed by atoms with Gasteiger partial charge in [-0.25, -0.2) is 0 Å². The van der Waals surface area contributed by atoms with E-state index in [1.807, 2.05) is 0 Å². The van der Waals surface area contributed by atoms with Crippen molar-refractivity contribution in [3.63, 3.8) is 0 Å². The van der Waals surface area contributed by atoms with Crippen molar-refractivity contribution in [1.82, 2.24) is 0 Å². The summed E-state index contributed by atoms with van der Waals surface area (Å²) in [6.45, 7) is 1.50. The zero-order chi connectivity index (χ0) is 7.28. The van der Waals surface area contributed by atoms with Crippen LogP contribution in [-0.4, -0.2) is 17.6 Å². The van der Waals surface area contributed by atoms with Crippen LogP contribution in [0.3, 0.4) is 0 Å². The number of nitrogens with zero attached hydrogens (tertiary/aromatic N) is 3. The number of hydrogen-bond donors (Lipinski definition) is 1. The summed E-state index contributed by atoms with van der Waals surface area (Å²) in [5.74, 6) is -1.52. The van der Waals surface area contributed by atoms with E-state index in [1.165, 1.54) is 6.92 Å². The molecule has 0 fully saturated rings. The second-order valence-corrected chi connectivity index (χ2v) is 1.65. The fourth-order valence-corrected chi connectivity index (χ4v) is 0.237. The highest BCUT2D eigenvalue weighted by Crippen LogP contribution is 1.93. The van der Waals surface area contributed by atoms with Gasteiger partial charge in [0.25, 0.3) is 0 Å². The average molecular weight is 129 g/mol. The molecule has 0 radical (unpaired) electrons. The predicted octanol–water partition coefficient (Wildman–Crippen LogP) is 1.02. The largest absolute Gasteiger partial charge is 0.481 e. The fourth-order valence-electron chi connectivity index (χ4n) is 0.237. The SMILES string of the molecule is CC(CN=[N+]=[N-])C(=O)O. The molecule has 0 aromatic carbocycles. The van der Waals surface area contributed by atoms with E-state index < -0.39 is 11.9 Å². The van der Waals surface area contributed by atoms with Crippen molar-refractivity contribution < 1.29 is 9.90 Å². The van der Waals surface area contributed by atoms with E-state index >= 15 is 0 Å². The number of rotatable bonds is 3. The van der Waals surface area contributed by atoms with Gasteiger partial charge in [-0.1, -0.05) is 12.0 Å². The van der Waals surface area contributed by atoms with Gasteiger partial charge in [0.2, 0.25) is 0 Å². The molecule has 50 valence electrons. The van der Waals surface area contributed by atoms with E-state index in [-0.39, 0.29) is 6.54 Å². The average Bonchev–Trinajstić information content (AvgIpc) is 1.82. The Bertz CT molecular complexity index is 150. The minimum Gasteiger partial charge on any atom is -0.481 e. The van der Waals surface area contributed by atoms with Gasteiger partial charge in [0, 0.05) is 11.5 Å². The molecule has 0 bridgehead atoms. The second-order valence-electron chi connectivity index (χ2n) is 1.65. The van der Waals surface area contributed by atoms with Gasteiger partial charge in [-0.2, -0.15) is 0 Å².